The Balaban J connectivity index is 0.000000810. The zero-order chi connectivity index (χ0) is 6.69. The third kappa shape index (κ3) is 2.53. The fraction of sp³-hybridized carbons (Fsp3) is 0.143. The monoisotopic (exact) mass is 132 g/mol. The summed E-state index contributed by atoms with van der Waals surface area (Å²) in [6.07, 6.45) is 0. The van der Waals surface area contributed by atoms with Crippen molar-refractivity contribution in [3.05, 3.63) is 35.6 Å². The number of rotatable bonds is 1. The molecule has 0 atom stereocenters. The minimum Gasteiger partial charge on any atom is -0.851 e. The van der Waals surface area contributed by atoms with Crippen LogP contribution in [0.3, 0.4) is 0 Å². The molecule has 1 aromatic carbocycles. The molecule has 0 radical (unpaired) electrons. The van der Waals surface area contributed by atoms with Gasteiger partial charge in [0.2, 0.25) is 0 Å². The van der Waals surface area contributed by atoms with E-state index in [2.05, 4.69) is 0 Å². The standard InChI is InChI=1S/C7H6FO.Li/c8-7-3-1-6(5-9)2-4-7;/h1-4H,5H2;/q-1;+1. The van der Waals surface area contributed by atoms with Gasteiger partial charge in [0.1, 0.15) is 5.82 Å². The van der Waals surface area contributed by atoms with E-state index in [1.165, 1.54) is 24.3 Å². The molecule has 0 heterocycles. The van der Waals surface area contributed by atoms with Gasteiger partial charge in [-0.1, -0.05) is 17.7 Å². The van der Waals surface area contributed by atoms with Crippen LogP contribution in [0.25, 0.3) is 0 Å². The van der Waals surface area contributed by atoms with Gasteiger partial charge in [-0.05, 0) is 12.1 Å². The molecular weight excluding hydrogens is 126 g/mol. The molecule has 0 amide bonds. The molecule has 0 saturated heterocycles. The van der Waals surface area contributed by atoms with Crippen LogP contribution in [0.2, 0.25) is 0 Å². The van der Waals surface area contributed by atoms with Gasteiger partial charge >= 0.3 is 18.9 Å². The molecule has 0 unspecified atom stereocenters. The maximum absolute atomic E-state index is 12.1. The van der Waals surface area contributed by atoms with Gasteiger partial charge in [0, 0.05) is 0 Å². The van der Waals surface area contributed by atoms with Gasteiger partial charge in [-0.2, -0.15) is 0 Å². The summed E-state index contributed by atoms with van der Waals surface area (Å²) in [4.78, 5) is 0. The smallest absolute Gasteiger partial charge is 0.851 e. The Hall–Kier alpha value is -0.293. The Labute approximate surface area is 71.1 Å². The Morgan fingerprint density at radius 1 is 1.20 bits per heavy atom. The Bertz CT molecular complexity index is 185. The van der Waals surface area contributed by atoms with Crippen LogP contribution >= 0.6 is 0 Å². The van der Waals surface area contributed by atoms with Gasteiger partial charge < -0.3 is 5.11 Å². The average Bonchev–Trinajstić information content (AvgIpc) is 1.90. The van der Waals surface area contributed by atoms with E-state index in [0.717, 1.165) is 0 Å². The molecule has 0 aromatic heterocycles. The molecule has 0 fully saturated rings. The molecule has 0 aliphatic heterocycles. The van der Waals surface area contributed by atoms with E-state index < -0.39 is 0 Å². The number of halogens is 1. The van der Waals surface area contributed by atoms with Crippen LogP contribution in [0.4, 0.5) is 4.39 Å². The van der Waals surface area contributed by atoms with Crippen molar-refractivity contribution < 1.29 is 28.4 Å². The van der Waals surface area contributed by atoms with E-state index in [1.54, 1.807) is 0 Å². The van der Waals surface area contributed by atoms with E-state index in [-0.39, 0.29) is 31.3 Å². The fourth-order valence-electron chi connectivity index (χ4n) is 0.581. The van der Waals surface area contributed by atoms with E-state index >= 15 is 0 Å². The number of hydrogen-bond donors (Lipinski definition) is 0. The molecule has 1 aromatic rings. The predicted octanol–water partition coefficient (Wildman–Crippen LogP) is -2.31. The zero-order valence-electron chi connectivity index (χ0n) is 5.80. The van der Waals surface area contributed by atoms with E-state index in [1.807, 2.05) is 0 Å². The second-order valence-electron chi connectivity index (χ2n) is 1.77. The topological polar surface area (TPSA) is 23.1 Å². The van der Waals surface area contributed by atoms with Crippen LogP contribution < -0.4 is 24.0 Å². The summed E-state index contributed by atoms with van der Waals surface area (Å²) >= 11 is 0. The molecule has 1 nitrogen and oxygen atoms in total. The quantitative estimate of drug-likeness (QED) is 0.394. The van der Waals surface area contributed by atoms with Crippen molar-refractivity contribution in [3.63, 3.8) is 0 Å². The average molecular weight is 132 g/mol. The van der Waals surface area contributed by atoms with Crippen molar-refractivity contribution in [2.45, 2.75) is 6.61 Å². The van der Waals surface area contributed by atoms with Crippen molar-refractivity contribution in [3.8, 4) is 0 Å². The first-order valence-electron chi connectivity index (χ1n) is 2.65. The first-order valence-corrected chi connectivity index (χ1v) is 2.65. The summed E-state index contributed by atoms with van der Waals surface area (Å²) in [6, 6.07) is 5.55. The largest absolute Gasteiger partial charge is 1.00 e. The minimum atomic E-state index is -0.299. The van der Waals surface area contributed by atoms with Crippen molar-refractivity contribution in [2.75, 3.05) is 0 Å². The fourth-order valence-corrected chi connectivity index (χ4v) is 0.581. The summed E-state index contributed by atoms with van der Waals surface area (Å²) < 4.78 is 12.1. The second kappa shape index (κ2) is 4.51. The van der Waals surface area contributed by atoms with Gasteiger partial charge in [-0.25, -0.2) is 4.39 Å². The predicted molar refractivity (Wildman–Crippen MR) is 30.1 cm³/mol. The van der Waals surface area contributed by atoms with E-state index in [9.17, 15) is 9.50 Å². The maximum Gasteiger partial charge on any atom is 1.00 e. The molecule has 0 bridgehead atoms. The van der Waals surface area contributed by atoms with Gasteiger partial charge in [-0.15, -0.1) is 6.61 Å². The maximum atomic E-state index is 12.1. The van der Waals surface area contributed by atoms with Gasteiger partial charge in [0.05, 0.1) is 0 Å². The summed E-state index contributed by atoms with van der Waals surface area (Å²) in [5.41, 5.74) is 0.622. The molecule has 48 valence electrons. The summed E-state index contributed by atoms with van der Waals surface area (Å²) in [7, 11) is 0. The van der Waals surface area contributed by atoms with Crippen LogP contribution in [-0.4, -0.2) is 0 Å². The van der Waals surface area contributed by atoms with Gasteiger partial charge in [0.25, 0.3) is 0 Å². The van der Waals surface area contributed by atoms with Crippen molar-refractivity contribution in [2.24, 2.45) is 0 Å². The number of hydrogen-bond acceptors (Lipinski definition) is 1. The van der Waals surface area contributed by atoms with Crippen LogP contribution in [0.5, 0.6) is 0 Å². The Morgan fingerprint density at radius 2 is 1.70 bits per heavy atom. The summed E-state index contributed by atoms with van der Waals surface area (Å²) in [5, 5.41) is 10.1. The first-order chi connectivity index (χ1) is 4.33. The molecular formula is C7H6FLiO. The van der Waals surface area contributed by atoms with Crippen LogP contribution in [0.1, 0.15) is 5.56 Å². The Kier molecular flexibility index (Phi) is 4.38. The van der Waals surface area contributed by atoms with Crippen molar-refractivity contribution in [1.82, 2.24) is 0 Å². The SMILES string of the molecule is [Li+].[O-]Cc1ccc(F)cc1. The molecule has 0 aliphatic rings. The third-order valence-electron chi connectivity index (χ3n) is 1.08. The van der Waals surface area contributed by atoms with Crippen LogP contribution in [-0.2, 0) is 6.61 Å². The van der Waals surface area contributed by atoms with Gasteiger partial charge in [-0.3, -0.25) is 0 Å². The van der Waals surface area contributed by atoms with Crippen molar-refractivity contribution in [1.29, 1.82) is 0 Å². The van der Waals surface area contributed by atoms with Crippen molar-refractivity contribution >= 4 is 0 Å². The van der Waals surface area contributed by atoms with Crippen LogP contribution in [0.15, 0.2) is 24.3 Å². The molecule has 0 saturated carbocycles. The molecule has 10 heavy (non-hydrogen) atoms. The summed E-state index contributed by atoms with van der Waals surface area (Å²) in [6.45, 7) is -0.278. The Morgan fingerprint density at radius 3 is 2.10 bits per heavy atom. The van der Waals surface area contributed by atoms with E-state index in [4.69, 9.17) is 0 Å². The van der Waals surface area contributed by atoms with Gasteiger partial charge in [0.15, 0.2) is 0 Å². The second-order valence-corrected chi connectivity index (χ2v) is 1.77. The zero-order valence-corrected chi connectivity index (χ0v) is 5.80. The summed E-state index contributed by atoms with van der Waals surface area (Å²) in [5.74, 6) is -0.299. The molecule has 0 N–H and O–H groups in total. The normalized spacial score (nSPS) is 8.60. The first kappa shape index (κ1) is 9.71. The third-order valence-corrected chi connectivity index (χ3v) is 1.08. The minimum absolute atomic E-state index is 0. The molecule has 0 aliphatic carbocycles. The van der Waals surface area contributed by atoms with Crippen LogP contribution in [0, 0.1) is 5.82 Å². The molecule has 3 heteroatoms. The molecule has 1 rings (SSSR count). The van der Waals surface area contributed by atoms with E-state index in [0.29, 0.717) is 5.56 Å². The number of benzene rings is 1. The molecule has 0 spiro atoms.